The minimum absolute atomic E-state index is 0.00122. The van der Waals surface area contributed by atoms with Gasteiger partial charge in [0.2, 0.25) is 0 Å². The molecule has 1 amide bonds. The van der Waals surface area contributed by atoms with Crippen molar-refractivity contribution in [3.63, 3.8) is 0 Å². The van der Waals surface area contributed by atoms with Crippen molar-refractivity contribution >= 4 is 5.91 Å². The van der Waals surface area contributed by atoms with Crippen LogP contribution in [0.15, 0.2) is 23.1 Å². The summed E-state index contributed by atoms with van der Waals surface area (Å²) < 4.78 is 1.61. The Kier molecular flexibility index (Phi) is 4.11. The van der Waals surface area contributed by atoms with E-state index in [4.69, 9.17) is 0 Å². The predicted octanol–water partition coefficient (Wildman–Crippen LogP) is 1.92. The smallest absolute Gasteiger partial charge is 0.254 e. The average molecular weight is 331 g/mol. The van der Waals surface area contributed by atoms with Crippen LogP contribution in [0.1, 0.15) is 37.6 Å². The van der Waals surface area contributed by atoms with Crippen LogP contribution >= 0.6 is 0 Å². The molecular weight excluding hydrogens is 302 g/mol. The van der Waals surface area contributed by atoms with Gasteiger partial charge in [-0.15, -0.1) is 0 Å². The third kappa shape index (κ3) is 2.69. The molecule has 2 heterocycles. The lowest BCUT2D eigenvalue weighted by Gasteiger charge is -2.57. The number of pyridine rings is 1. The second kappa shape index (κ2) is 5.73. The zero-order valence-corrected chi connectivity index (χ0v) is 15.5. The van der Waals surface area contributed by atoms with Gasteiger partial charge in [0.05, 0.1) is 0 Å². The van der Waals surface area contributed by atoms with Crippen LogP contribution in [-0.2, 0) is 6.54 Å². The summed E-state index contributed by atoms with van der Waals surface area (Å²) in [7, 11) is 4.21. The first-order chi connectivity index (χ1) is 11.2. The minimum Gasteiger partial charge on any atom is -0.338 e. The van der Waals surface area contributed by atoms with Crippen LogP contribution in [0.2, 0.25) is 0 Å². The molecular formula is C19H29N3O2. The Hall–Kier alpha value is -1.62. The third-order valence-electron chi connectivity index (χ3n) is 5.90. The fourth-order valence-electron chi connectivity index (χ4n) is 5.21. The Morgan fingerprint density at radius 3 is 2.62 bits per heavy atom. The molecule has 1 aliphatic heterocycles. The van der Waals surface area contributed by atoms with Crippen molar-refractivity contribution in [3.8, 4) is 0 Å². The van der Waals surface area contributed by atoms with Crippen LogP contribution in [0.3, 0.4) is 0 Å². The lowest BCUT2D eigenvalue weighted by atomic mass is 9.48. The summed E-state index contributed by atoms with van der Waals surface area (Å²) in [6.45, 7) is 9.78. The lowest BCUT2D eigenvalue weighted by molar-refractivity contribution is -0.0789. The van der Waals surface area contributed by atoms with E-state index in [1.165, 1.54) is 6.07 Å². The molecule has 0 spiro atoms. The van der Waals surface area contributed by atoms with Gasteiger partial charge in [-0.05, 0) is 44.8 Å². The highest BCUT2D eigenvalue weighted by Crippen LogP contribution is 2.62. The molecule has 1 aromatic heterocycles. The topological polar surface area (TPSA) is 45.6 Å². The normalized spacial score (nSPS) is 27.9. The van der Waals surface area contributed by atoms with Gasteiger partial charge in [0.1, 0.15) is 0 Å². The van der Waals surface area contributed by atoms with Crippen LogP contribution in [0.4, 0.5) is 0 Å². The number of hydrogen-bond acceptors (Lipinski definition) is 3. The average Bonchev–Trinajstić information content (AvgIpc) is 2.80. The number of nitrogens with zero attached hydrogens (tertiary/aromatic N) is 3. The third-order valence-corrected chi connectivity index (χ3v) is 5.90. The molecule has 1 aliphatic carbocycles. The summed E-state index contributed by atoms with van der Waals surface area (Å²) in [5, 5.41) is 0. The van der Waals surface area contributed by atoms with Crippen molar-refractivity contribution < 1.29 is 4.79 Å². The number of carbonyl (C=O) groups excluding carboxylic acids is 1. The maximum absolute atomic E-state index is 12.9. The van der Waals surface area contributed by atoms with Crippen LogP contribution < -0.4 is 5.56 Å². The zero-order valence-electron chi connectivity index (χ0n) is 15.5. The van der Waals surface area contributed by atoms with Gasteiger partial charge in [0, 0.05) is 49.4 Å². The summed E-state index contributed by atoms with van der Waals surface area (Å²) in [6, 6.07) is 3.26. The van der Waals surface area contributed by atoms with Gasteiger partial charge >= 0.3 is 0 Å². The first-order valence-corrected chi connectivity index (χ1v) is 8.83. The van der Waals surface area contributed by atoms with Crippen molar-refractivity contribution in [2.24, 2.45) is 16.7 Å². The summed E-state index contributed by atoms with van der Waals surface area (Å²) in [6.07, 6.45) is 2.88. The quantitative estimate of drug-likeness (QED) is 0.847. The maximum Gasteiger partial charge on any atom is 0.254 e. The van der Waals surface area contributed by atoms with Crippen molar-refractivity contribution in [2.45, 2.75) is 33.7 Å². The Labute approximate surface area is 144 Å². The molecule has 2 aliphatic rings. The van der Waals surface area contributed by atoms with E-state index in [0.717, 1.165) is 26.1 Å². The van der Waals surface area contributed by atoms with E-state index in [-0.39, 0.29) is 22.3 Å². The number of amides is 1. The van der Waals surface area contributed by atoms with E-state index in [0.29, 0.717) is 18.0 Å². The largest absolute Gasteiger partial charge is 0.338 e. The van der Waals surface area contributed by atoms with Gasteiger partial charge in [0.25, 0.3) is 11.5 Å². The number of carbonyl (C=O) groups is 1. The first-order valence-electron chi connectivity index (χ1n) is 8.83. The fraction of sp³-hybridized carbons (Fsp3) is 0.684. The van der Waals surface area contributed by atoms with Crippen LogP contribution in [-0.4, -0.2) is 54.0 Å². The summed E-state index contributed by atoms with van der Waals surface area (Å²) in [4.78, 5) is 29.2. The van der Waals surface area contributed by atoms with E-state index >= 15 is 0 Å². The number of rotatable bonds is 4. The van der Waals surface area contributed by atoms with E-state index in [9.17, 15) is 9.59 Å². The SMILES string of the molecule is CCn1ccc(C(=O)N2C[C@@H]3C(C)(C)C[C@]3(CN(C)C)C2)cc1=O. The maximum atomic E-state index is 12.9. The molecule has 1 saturated heterocycles. The molecule has 0 radical (unpaired) electrons. The van der Waals surface area contributed by atoms with Gasteiger partial charge in [-0.25, -0.2) is 0 Å². The van der Waals surface area contributed by atoms with Gasteiger partial charge in [-0.1, -0.05) is 13.8 Å². The second-order valence-electron chi connectivity index (χ2n) is 8.54. The number of fused-ring (bicyclic) bond motifs is 1. The molecule has 5 heteroatoms. The van der Waals surface area contributed by atoms with E-state index in [1.54, 1.807) is 16.8 Å². The zero-order chi connectivity index (χ0) is 17.7. The molecule has 1 saturated carbocycles. The Morgan fingerprint density at radius 2 is 2.08 bits per heavy atom. The summed E-state index contributed by atoms with van der Waals surface area (Å²) in [5.41, 5.74) is 0.912. The molecule has 2 fully saturated rings. The minimum atomic E-state index is -0.103. The van der Waals surface area contributed by atoms with Crippen LogP contribution in [0.25, 0.3) is 0 Å². The molecule has 24 heavy (non-hydrogen) atoms. The molecule has 0 bridgehead atoms. The van der Waals surface area contributed by atoms with Crippen LogP contribution in [0.5, 0.6) is 0 Å². The number of likely N-dealkylation sites (tertiary alicyclic amines) is 1. The number of aryl methyl sites for hydroxylation is 1. The van der Waals surface area contributed by atoms with Gasteiger partial charge in [-0.3, -0.25) is 9.59 Å². The summed E-state index contributed by atoms with van der Waals surface area (Å²) in [5.74, 6) is 0.533. The molecule has 0 aromatic carbocycles. The lowest BCUT2D eigenvalue weighted by Crippen LogP contribution is -2.57. The van der Waals surface area contributed by atoms with Crippen molar-refractivity contribution in [1.82, 2.24) is 14.4 Å². The Balaban J connectivity index is 1.82. The molecule has 132 valence electrons. The Bertz CT molecular complexity index is 703. The molecule has 3 rings (SSSR count). The monoisotopic (exact) mass is 331 g/mol. The highest BCUT2D eigenvalue weighted by molar-refractivity contribution is 5.94. The molecule has 0 N–H and O–H groups in total. The van der Waals surface area contributed by atoms with Gasteiger partial charge < -0.3 is 14.4 Å². The molecule has 0 unspecified atom stereocenters. The predicted molar refractivity (Wildman–Crippen MR) is 95.2 cm³/mol. The van der Waals surface area contributed by atoms with Gasteiger partial charge in [0.15, 0.2) is 0 Å². The van der Waals surface area contributed by atoms with E-state index in [1.807, 2.05) is 11.8 Å². The van der Waals surface area contributed by atoms with E-state index < -0.39 is 0 Å². The van der Waals surface area contributed by atoms with Crippen molar-refractivity contribution in [2.75, 3.05) is 33.7 Å². The first kappa shape index (κ1) is 17.2. The van der Waals surface area contributed by atoms with Gasteiger partial charge in [-0.2, -0.15) is 0 Å². The Morgan fingerprint density at radius 1 is 1.38 bits per heavy atom. The van der Waals surface area contributed by atoms with Crippen molar-refractivity contribution in [3.05, 3.63) is 34.2 Å². The molecule has 5 nitrogen and oxygen atoms in total. The fourth-order valence-corrected chi connectivity index (χ4v) is 5.21. The summed E-state index contributed by atoms with van der Waals surface area (Å²) >= 11 is 0. The van der Waals surface area contributed by atoms with Crippen LogP contribution in [0, 0.1) is 16.7 Å². The molecule has 2 atom stereocenters. The second-order valence-corrected chi connectivity index (χ2v) is 8.54. The molecule has 1 aromatic rings. The highest BCUT2D eigenvalue weighted by atomic mass is 16.2. The standard InChI is InChI=1S/C19H29N3O2/c1-6-21-8-7-14(9-16(21)23)17(24)22-10-15-18(2,3)11-19(15,13-22)12-20(4)5/h7-9,15H,6,10-13H2,1-5H3/t15-,19+/m1/s1. The number of aromatic nitrogens is 1. The van der Waals surface area contributed by atoms with E-state index in [2.05, 4.69) is 32.8 Å². The van der Waals surface area contributed by atoms with Crippen molar-refractivity contribution in [1.29, 1.82) is 0 Å². The number of hydrogen-bond donors (Lipinski definition) is 0. The highest BCUT2D eigenvalue weighted by Gasteiger charge is 2.63.